The zero-order valence-electron chi connectivity index (χ0n) is 14.8. The minimum Gasteiger partial charge on any atom is -0.383 e. The summed E-state index contributed by atoms with van der Waals surface area (Å²) in [5, 5.41) is 4.89. The Morgan fingerprint density at radius 1 is 1.33 bits per heavy atom. The molecule has 4 rings (SSSR count). The van der Waals surface area contributed by atoms with Crippen molar-refractivity contribution in [3.63, 3.8) is 0 Å². The topological polar surface area (TPSA) is 80.9 Å². The number of halogens is 1. The molecule has 3 aromatic rings. The second kappa shape index (κ2) is 7.66. The smallest absolute Gasteiger partial charge is 0.234 e. The Bertz CT molecular complexity index is 1030. The highest BCUT2D eigenvalue weighted by molar-refractivity contribution is 7.99. The van der Waals surface area contributed by atoms with Gasteiger partial charge in [-0.25, -0.2) is 9.97 Å². The van der Waals surface area contributed by atoms with Gasteiger partial charge in [0, 0.05) is 4.88 Å². The van der Waals surface area contributed by atoms with Crippen LogP contribution in [0.3, 0.4) is 0 Å². The Morgan fingerprint density at radius 2 is 2.15 bits per heavy atom. The van der Waals surface area contributed by atoms with Crippen LogP contribution >= 0.6 is 34.7 Å². The largest absolute Gasteiger partial charge is 0.383 e. The molecular formula is C19H19ClN4OS2. The lowest BCUT2D eigenvalue weighted by Gasteiger charge is -2.10. The van der Waals surface area contributed by atoms with Crippen LogP contribution < -0.4 is 11.1 Å². The number of amides is 1. The molecule has 0 unspecified atom stereocenters. The number of benzene rings is 1. The summed E-state index contributed by atoms with van der Waals surface area (Å²) in [5.74, 6) is 0.558. The Balaban J connectivity index is 1.48. The van der Waals surface area contributed by atoms with E-state index in [0.29, 0.717) is 21.7 Å². The van der Waals surface area contributed by atoms with Gasteiger partial charge in [-0.2, -0.15) is 0 Å². The van der Waals surface area contributed by atoms with Crippen LogP contribution in [0.15, 0.2) is 23.4 Å². The Morgan fingerprint density at radius 3 is 2.96 bits per heavy atom. The molecule has 0 aliphatic heterocycles. The molecule has 0 atom stereocenters. The molecule has 3 N–H and O–H groups in total. The average molecular weight is 419 g/mol. The van der Waals surface area contributed by atoms with Crippen LogP contribution in [-0.2, 0) is 17.6 Å². The zero-order valence-corrected chi connectivity index (χ0v) is 17.2. The fourth-order valence-corrected chi connectivity index (χ4v) is 5.53. The third kappa shape index (κ3) is 3.90. The van der Waals surface area contributed by atoms with E-state index in [9.17, 15) is 4.79 Å². The molecule has 0 radical (unpaired) electrons. The van der Waals surface area contributed by atoms with Gasteiger partial charge in [0.1, 0.15) is 10.6 Å². The number of anilines is 2. The number of rotatable bonds is 4. The molecule has 1 aliphatic rings. The highest BCUT2D eigenvalue weighted by Gasteiger charge is 2.20. The van der Waals surface area contributed by atoms with E-state index in [1.807, 2.05) is 19.1 Å². The molecule has 1 aliphatic carbocycles. The van der Waals surface area contributed by atoms with E-state index < -0.39 is 0 Å². The predicted molar refractivity (Wildman–Crippen MR) is 114 cm³/mol. The van der Waals surface area contributed by atoms with E-state index in [0.717, 1.165) is 28.6 Å². The van der Waals surface area contributed by atoms with Crippen LogP contribution in [0, 0.1) is 6.92 Å². The Labute approximate surface area is 170 Å². The lowest BCUT2D eigenvalue weighted by Crippen LogP contribution is -2.14. The molecule has 1 aromatic carbocycles. The van der Waals surface area contributed by atoms with Crippen LogP contribution in [0.25, 0.3) is 10.2 Å². The first-order valence-electron chi connectivity index (χ1n) is 8.78. The first kappa shape index (κ1) is 18.5. The lowest BCUT2D eigenvalue weighted by atomic mass is 9.97. The van der Waals surface area contributed by atoms with Crippen LogP contribution in [0.2, 0.25) is 5.02 Å². The summed E-state index contributed by atoms with van der Waals surface area (Å²) in [6, 6.07) is 5.53. The van der Waals surface area contributed by atoms with E-state index in [1.165, 1.54) is 35.0 Å². The number of aromatic nitrogens is 2. The summed E-state index contributed by atoms with van der Waals surface area (Å²) in [6.45, 7) is 1.95. The van der Waals surface area contributed by atoms with Crippen molar-refractivity contribution in [2.24, 2.45) is 0 Å². The number of nitrogens with two attached hydrogens (primary N) is 1. The van der Waals surface area contributed by atoms with Gasteiger partial charge in [0.15, 0.2) is 5.16 Å². The highest BCUT2D eigenvalue weighted by atomic mass is 35.5. The van der Waals surface area contributed by atoms with Gasteiger partial charge in [0.05, 0.1) is 21.8 Å². The van der Waals surface area contributed by atoms with E-state index in [-0.39, 0.29) is 11.7 Å². The Hall–Kier alpha value is -1.83. The molecular weight excluding hydrogens is 400 g/mol. The first-order valence-corrected chi connectivity index (χ1v) is 11.0. The predicted octanol–water partition coefficient (Wildman–Crippen LogP) is 4.84. The Kier molecular flexibility index (Phi) is 5.25. The molecule has 0 spiro atoms. The standard InChI is InChI=1S/C19H19ClN4OS2/c1-10-6-7-13(12(20)8-10)22-15(25)9-26-19-23-17(21)16-11-4-2-3-5-14(11)27-18(16)24-19/h6-8H,2-5,9H2,1H3,(H,22,25)(H2,21,23,24). The number of carbonyl (C=O) groups is 1. The molecule has 2 heterocycles. The summed E-state index contributed by atoms with van der Waals surface area (Å²) in [6.07, 6.45) is 4.56. The van der Waals surface area contributed by atoms with E-state index in [4.69, 9.17) is 17.3 Å². The van der Waals surface area contributed by atoms with Crippen molar-refractivity contribution in [3.05, 3.63) is 39.2 Å². The third-order valence-electron chi connectivity index (χ3n) is 4.55. The number of hydrogen-bond acceptors (Lipinski definition) is 6. The van der Waals surface area contributed by atoms with Crippen molar-refractivity contribution in [1.82, 2.24) is 9.97 Å². The molecule has 5 nitrogen and oxygen atoms in total. The monoisotopic (exact) mass is 418 g/mol. The summed E-state index contributed by atoms with van der Waals surface area (Å²) in [4.78, 5) is 23.6. The zero-order chi connectivity index (χ0) is 19.0. The van der Waals surface area contributed by atoms with E-state index >= 15 is 0 Å². The SMILES string of the molecule is Cc1ccc(NC(=O)CSc2nc(N)c3c4c(sc3n2)CCCC4)c(Cl)c1. The maximum atomic E-state index is 12.3. The van der Waals surface area contributed by atoms with Gasteiger partial charge < -0.3 is 11.1 Å². The van der Waals surface area contributed by atoms with Crippen molar-refractivity contribution in [1.29, 1.82) is 0 Å². The number of fused-ring (bicyclic) bond motifs is 3. The normalized spacial score (nSPS) is 13.6. The van der Waals surface area contributed by atoms with Crippen LogP contribution in [-0.4, -0.2) is 21.6 Å². The fourth-order valence-electron chi connectivity index (χ4n) is 3.27. The number of nitrogens with zero attached hydrogens (tertiary/aromatic N) is 2. The molecule has 1 amide bonds. The number of carbonyl (C=O) groups excluding carboxylic acids is 1. The van der Waals surface area contributed by atoms with Crippen molar-refractivity contribution in [3.8, 4) is 0 Å². The fraction of sp³-hybridized carbons (Fsp3) is 0.316. The molecule has 2 aromatic heterocycles. The van der Waals surface area contributed by atoms with Gasteiger partial charge in [0.25, 0.3) is 0 Å². The molecule has 8 heteroatoms. The minimum absolute atomic E-state index is 0.154. The molecule has 0 fully saturated rings. The second-order valence-corrected chi connectivity index (χ2v) is 9.04. The van der Waals surface area contributed by atoms with Gasteiger partial charge in [-0.05, 0) is 55.9 Å². The van der Waals surface area contributed by atoms with Gasteiger partial charge in [0.2, 0.25) is 5.91 Å². The van der Waals surface area contributed by atoms with Crippen molar-refractivity contribution in [2.45, 2.75) is 37.8 Å². The molecule has 27 heavy (non-hydrogen) atoms. The third-order valence-corrected chi connectivity index (χ3v) is 6.90. The minimum atomic E-state index is -0.154. The number of thioether (sulfide) groups is 1. The van der Waals surface area contributed by atoms with Crippen molar-refractivity contribution in [2.75, 3.05) is 16.8 Å². The van der Waals surface area contributed by atoms with Crippen LogP contribution in [0.5, 0.6) is 0 Å². The molecule has 0 saturated carbocycles. The summed E-state index contributed by atoms with van der Waals surface area (Å²) < 4.78 is 0. The van der Waals surface area contributed by atoms with Crippen LogP contribution in [0.4, 0.5) is 11.5 Å². The second-order valence-electron chi connectivity index (χ2n) is 6.60. The highest BCUT2D eigenvalue weighted by Crippen LogP contribution is 2.38. The van der Waals surface area contributed by atoms with Crippen LogP contribution in [0.1, 0.15) is 28.8 Å². The van der Waals surface area contributed by atoms with Gasteiger partial charge in [-0.3, -0.25) is 4.79 Å². The average Bonchev–Trinajstić information content (AvgIpc) is 3.01. The van der Waals surface area contributed by atoms with Crippen molar-refractivity contribution < 1.29 is 4.79 Å². The molecule has 0 saturated heterocycles. The van der Waals surface area contributed by atoms with E-state index in [2.05, 4.69) is 15.3 Å². The van der Waals surface area contributed by atoms with E-state index in [1.54, 1.807) is 17.4 Å². The number of hydrogen-bond donors (Lipinski definition) is 2. The van der Waals surface area contributed by atoms with Gasteiger partial charge >= 0.3 is 0 Å². The summed E-state index contributed by atoms with van der Waals surface area (Å²) in [5.41, 5.74) is 9.19. The number of aryl methyl sites for hydroxylation is 3. The number of nitrogens with one attached hydrogen (secondary N) is 1. The van der Waals surface area contributed by atoms with Crippen molar-refractivity contribution >= 4 is 62.3 Å². The summed E-state index contributed by atoms with van der Waals surface area (Å²) >= 11 is 9.15. The lowest BCUT2D eigenvalue weighted by molar-refractivity contribution is -0.113. The first-order chi connectivity index (χ1) is 13.0. The molecule has 140 valence electrons. The number of thiophene rings is 1. The molecule has 0 bridgehead atoms. The summed E-state index contributed by atoms with van der Waals surface area (Å²) in [7, 11) is 0. The quantitative estimate of drug-likeness (QED) is 0.467. The van der Waals surface area contributed by atoms with Gasteiger partial charge in [-0.1, -0.05) is 29.4 Å². The maximum absolute atomic E-state index is 12.3. The van der Waals surface area contributed by atoms with Gasteiger partial charge in [-0.15, -0.1) is 11.3 Å². The maximum Gasteiger partial charge on any atom is 0.234 e. The number of nitrogen functional groups attached to an aromatic ring is 1.